The van der Waals surface area contributed by atoms with Crippen LogP contribution in [0.2, 0.25) is 0 Å². The second-order valence-electron chi connectivity index (χ2n) is 3.58. The van der Waals surface area contributed by atoms with Crippen molar-refractivity contribution >= 4 is 5.97 Å². The minimum atomic E-state index is -1.17. The molecule has 2 N–H and O–H groups in total. The Hall–Kier alpha value is -2.08. The lowest BCUT2D eigenvalue weighted by Crippen LogP contribution is -2.06. The van der Waals surface area contributed by atoms with Gasteiger partial charge in [-0.3, -0.25) is 0 Å². The number of nitrogens with zero attached hydrogens (tertiary/aromatic N) is 1. The molecule has 6 heteroatoms. The maximum atomic E-state index is 10.8. The summed E-state index contributed by atoms with van der Waals surface area (Å²) < 4.78 is 10.1. The van der Waals surface area contributed by atoms with E-state index in [1.807, 2.05) is 0 Å². The van der Waals surface area contributed by atoms with Gasteiger partial charge in [0.25, 0.3) is 0 Å². The van der Waals surface area contributed by atoms with Crippen molar-refractivity contribution in [2.45, 2.75) is 12.5 Å². The first-order chi connectivity index (χ1) is 7.66. The maximum Gasteiger partial charge on any atom is 0.371 e. The van der Waals surface area contributed by atoms with E-state index in [0.29, 0.717) is 22.6 Å². The lowest BCUT2D eigenvalue weighted by Gasteiger charge is -2.13. The quantitative estimate of drug-likeness (QED) is 0.751. The van der Waals surface area contributed by atoms with Crippen molar-refractivity contribution in [3.8, 4) is 11.3 Å². The Kier molecular flexibility index (Phi) is 1.69. The largest absolute Gasteiger partial charge is 0.475 e. The normalized spacial score (nSPS) is 17.9. The Bertz CT molecular complexity index is 568. The fraction of sp³-hybridized carbons (Fsp3) is 0.200. The van der Waals surface area contributed by atoms with Gasteiger partial charge in [0.1, 0.15) is 5.76 Å². The molecule has 1 aliphatic rings. The molecular formula is C10H7NO5. The van der Waals surface area contributed by atoms with Gasteiger partial charge < -0.3 is 19.2 Å². The highest BCUT2D eigenvalue weighted by Crippen LogP contribution is 2.40. The van der Waals surface area contributed by atoms with Crippen LogP contribution < -0.4 is 0 Å². The summed E-state index contributed by atoms with van der Waals surface area (Å²) >= 11 is 0. The van der Waals surface area contributed by atoms with Crippen LogP contribution in [0.4, 0.5) is 0 Å². The number of hydrogen-bond donors (Lipinski definition) is 2. The fourth-order valence-electron chi connectivity index (χ4n) is 1.85. The first-order valence-electron chi connectivity index (χ1n) is 4.66. The minimum absolute atomic E-state index is 0.196. The highest BCUT2D eigenvalue weighted by Gasteiger charge is 2.31. The number of fused-ring (bicyclic) bond motifs is 3. The smallest absolute Gasteiger partial charge is 0.371 e. The Morgan fingerprint density at radius 2 is 2.38 bits per heavy atom. The summed E-state index contributed by atoms with van der Waals surface area (Å²) in [6, 6.07) is 1.33. The second kappa shape index (κ2) is 2.96. The molecule has 3 rings (SSSR count). The fourth-order valence-corrected chi connectivity index (χ4v) is 1.85. The molecular weight excluding hydrogens is 214 g/mol. The van der Waals surface area contributed by atoms with E-state index in [-0.39, 0.29) is 12.2 Å². The number of carbonyl (C=O) groups is 1. The van der Waals surface area contributed by atoms with Gasteiger partial charge in [-0.05, 0) is 6.07 Å². The van der Waals surface area contributed by atoms with E-state index in [9.17, 15) is 9.90 Å². The molecule has 2 heterocycles. The molecule has 0 saturated carbocycles. The first kappa shape index (κ1) is 9.17. The van der Waals surface area contributed by atoms with Gasteiger partial charge in [0.2, 0.25) is 5.76 Å². The number of aliphatic hydroxyl groups excluding tert-OH is 1. The number of rotatable bonds is 1. The lowest BCUT2D eigenvalue weighted by atomic mass is 9.95. The summed E-state index contributed by atoms with van der Waals surface area (Å²) in [6.45, 7) is 0. The van der Waals surface area contributed by atoms with Crippen LogP contribution in [0, 0.1) is 0 Å². The summed E-state index contributed by atoms with van der Waals surface area (Å²) in [5.41, 5.74) is 1.07. The summed E-state index contributed by atoms with van der Waals surface area (Å²) in [4.78, 5) is 10.8. The van der Waals surface area contributed by atoms with E-state index >= 15 is 0 Å². The van der Waals surface area contributed by atoms with Gasteiger partial charge in [0.05, 0.1) is 17.9 Å². The molecule has 0 radical (unpaired) electrons. The number of aromatic carboxylic acids is 1. The summed E-state index contributed by atoms with van der Waals surface area (Å²) in [5, 5.41) is 22.2. The molecule has 1 atom stereocenters. The Balaban J connectivity index is 2.23. The van der Waals surface area contributed by atoms with Crippen molar-refractivity contribution in [2.75, 3.05) is 0 Å². The van der Waals surface area contributed by atoms with Gasteiger partial charge in [-0.15, -0.1) is 0 Å². The number of furan rings is 1. The van der Waals surface area contributed by atoms with Gasteiger partial charge in [-0.25, -0.2) is 4.79 Å². The van der Waals surface area contributed by atoms with E-state index < -0.39 is 12.1 Å². The molecule has 0 saturated heterocycles. The third-order valence-electron chi connectivity index (χ3n) is 2.60. The van der Waals surface area contributed by atoms with Crippen LogP contribution in [0.15, 0.2) is 21.2 Å². The summed E-state index contributed by atoms with van der Waals surface area (Å²) in [7, 11) is 0. The zero-order chi connectivity index (χ0) is 11.3. The molecule has 0 spiro atoms. The van der Waals surface area contributed by atoms with Crippen molar-refractivity contribution in [3.05, 3.63) is 29.3 Å². The Morgan fingerprint density at radius 3 is 3.12 bits per heavy atom. The van der Waals surface area contributed by atoms with Gasteiger partial charge in [-0.2, -0.15) is 0 Å². The monoisotopic (exact) mass is 221 g/mol. The highest BCUT2D eigenvalue weighted by molar-refractivity contribution is 5.86. The van der Waals surface area contributed by atoms with Crippen molar-refractivity contribution in [2.24, 2.45) is 0 Å². The topological polar surface area (TPSA) is 96.7 Å². The summed E-state index contributed by atoms with van der Waals surface area (Å²) in [6.07, 6.45) is 0.920. The molecule has 0 amide bonds. The van der Waals surface area contributed by atoms with Crippen molar-refractivity contribution in [1.29, 1.82) is 0 Å². The molecule has 2 aromatic rings. The zero-order valence-electron chi connectivity index (χ0n) is 8.01. The molecule has 0 bridgehead atoms. The maximum absolute atomic E-state index is 10.8. The van der Waals surface area contributed by atoms with Gasteiger partial charge in [0, 0.05) is 12.0 Å². The van der Waals surface area contributed by atoms with E-state index in [4.69, 9.17) is 14.0 Å². The molecule has 16 heavy (non-hydrogen) atoms. The molecule has 6 nitrogen and oxygen atoms in total. The van der Waals surface area contributed by atoms with E-state index in [1.54, 1.807) is 0 Å². The number of aliphatic hydroxyl groups is 1. The molecule has 2 aromatic heterocycles. The highest BCUT2D eigenvalue weighted by atomic mass is 16.5. The van der Waals surface area contributed by atoms with Gasteiger partial charge in [0.15, 0.2) is 5.76 Å². The van der Waals surface area contributed by atoms with Crippen LogP contribution in [0.3, 0.4) is 0 Å². The average Bonchev–Trinajstić information content (AvgIpc) is 2.80. The van der Waals surface area contributed by atoms with Gasteiger partial charge in [-0.1, -0.05) is 5.16 Å². The van der Waals surface area contributed by atoms with Crippen molar-refractivity contribution in [3.63, 3.8) is 0 Å². The van der Waals surface area contributed by atoms with Crippen LogP contribution in [-0.4, -0.2) is 21.3 Å². The number of hydrogen-bond acceptors (Lipinski definition) is 5. The molecule has 1 aliphatic carbocycles. The van der Waals surface area contributed by atoms with Crippen LogP contribution >= 0.6 is 0 Å². The second-order valence-corrected chi connectivity index (χ2v) is 3.58. The third-order valence-corrected chi connectivity index (χ3v) is 2.60. The Morgan fingerprint density at radius 1 is 1.56 bits per heavy atom. The van der Waals surface area contributed by atoms with Crippen LogP contribution in [0.5, 0.6) is 0 Å². The minimum Gasteiger partial charge on any atom is -0.475 e. The number of aromatic nitrogens is 1. The standard InChI is InChI=1S/C10H7NO5/c12-6-2-7-5(3-11-16-7)9-4(6)1-8(15-9)10(13)14/h1,3,6,12H,2H2,(H,13,14). The third kappa shape index (κ3) is 1.10. The predicted octanol–water partition coefficient (Wildman–Crippen LogP) is 1.22. The SMILES string of the molecule is O=C(O)c1cc2c(o1)-c1cnoc1CC2O. The zero-order valence-corrected chi connectivity index (χ0v) is 8.01. The number of carboxylic acids is 1. The van der Waals surface area contributed by atoms with E-state index in [2.05, 4.69) is 5.16 Å². The average molecular weight is 221 g/mol. The van der Waals surface area contributed by atoms with Crippen molar-refractivity contribution < 1.29 is 23.9 Å². The van der Waals surface area contributed by atoms with Crippen LogP contribution in [-0.2, 0) is 6.42 Å². The van der Waals surface area contributed by atoms with Crippen LogP contribution in [0.25, 0.3) is 11.3 Å². The van der Waals surface area contributed by atoms with Crippen molar-refractivity contribution in [1.82, 2.24) is 5.16 Å². The molecule has 1 unspecified atom stereocenters. The van der Waals surface area contributed by atoms with E-state index in [0.717, 1.165) is 0 Å². The lowest BCUT2D eigenvalue weighted by molar-refractivity contribution is 0.0663. The van der Waals surface area contributed by atoms with Crippen LogP contribution in [0.1, 0.15) is 28.0 Å². The number of carboxylic acid groups (broad SMARTS) is 1. The Labute approximate surface area is 89.1 Å². The molecule has 82 valence electrons. The van der Waals surface area contributed by atoms with Gasteiger partial charge >= 0.3 is 5.97 Å². The molecule has 0 aromatic carbocycles. The predicted molar refractivity (Wildman–Crippen MR) is 49.8 cm³/mol. The van der Waals surface area contributed by atoms with E-state index in [1.165, 1.54) is 12.3 Å². The first-order valence-corrected chi connectivity index (χ1v) is 4.66. The summed E-state index contributed by atoms with van der Waals surface area (Å²) in [5.74, 6) is -0.531. The molecule has 0 aliphatic heterocycles. The molecule has 0 fully saturated rings.